The Kier molecular flexibility index (Phi) is 53.7. The zero-order chi connectivity index (χ0) is 56.6. The van der Waals surface area contributed by atoms with Crippen LogP contribution in [0.25, 0.3) is 0 Å². The number of hydrogen-bond acceptors (Lipinski definition) is 10. The van der Waals surface area contributed by atoms with Gasteiger partial charge in [0, 0.05) is 12.8 Å². The van der Waals surface area contributed by atoms with Crippen LogP contribution in [0.5, 0.6) is 0 Å². The Labute approximate surface area is 479 Å². The third-order valence-electron chi connectivity index (χ3n) is 15.7. The third kappa shape index (κ3) is 45.5. The summed E-state index contributed by atoms with van der Waals surface area (Å²) in [5.41, 5.74) is 0. The number of amides is 1. The Hall–Kier alpha value is -2.12. The van der Waals surface area contributed by atoms with Crippen molar-refractivity contribution in [1.29, 1.82) is 0 Å². The molecular weight excluding hydrogens is 979 g/mol. The molecule has 1 heterocycles. The van der Waals surface area contributed by atoms with Gasteiger partial charge < -0.3 is 45.1 Å². The first-order valence-electron chi connectivity index (χ1n) is 33.3. The van der Waals surface area contributed by atoms with Gasteiger partial charge in [-0.1, -0.05) is 275 Å². The number of nitrogens with one attached hydrogen (secondary N) is 1. The van der Waals surface area contributed by atoms with Gasteiger partial charge in [-0.3, -0.25) is 9.59 Å². The van der Waals surface area contributed by atoms with Crippen LogP contribution in [0, 0.1) is 0 Å². The summed E-state index contributed by atoms with van der Waals surface area (Å²) in [6.07, 6.45) is 61.4. The Morgan fingerprint density at radius 2 is 0.859 bits per heavy atom. The Balaban J connectivity index is 1.96. The molecule has 0 aliphatic carbocycles. The topological polar surface area (TPSA) is 175 Å². The van der Waals surface area contributed by atoms with Crippen LogP contribution in [0.3, 0.4) is 0 Å². The number of aliphatic hydroxyl groups excluding tert-OH is 5. The molecule has 1 fully saturated rings. The molecule has 0 radical (unpaired) electrons. The molecule has 7 unspecified atom stereocenters. The molecule has 11 nitrogen and oxygen atoms in total. The fourth-order valence-electron chi connectivity index (χ4n) is 10.5. The highest BCUT2D eigenvalue weighted by molar-refractivity contribution is 5.76. The molecule has 1 aliphatic rings. The third-order valence-corrected chi connectivity index (χ3v) is 15.7. The summed E-state index contributed by atoms with van der Waals surface area (Å²) in [4.78, 5) is 25.0. The minimum Gasteiger partial charge on any atom is -0.466 e. The molecule has 0 saturated carbocycles. The number of hydrogen-bond donors (Lipinski definition) is 6. The number of carbonyl (C=O) groups is 2. The number of allylic oxidation sites excluding steroid dienone is 5. The van der Waals surface area contributed by atoms with Crippen LogP contribution in [-0.2, 0) is 23.8 Å². The molecule has 6 N–H and O–H groups in total. The van der Waals surface area contributed by atoms with E-state index >= 15 is 0 Å². The maximum Gasteiger partial charge on any atom is 0.305 e. The summed E-state index contributed by atoms with van der Waals surface area (Å²) in [7, 11) is 0. The van der Waals surface area contributed by atoms with Gasteiger partial charge in [0.15, 0.2) is 6.29 Å². The molecule has 0 aromatic heterocycles. The van der Waals surface area contributed by atoms with Crippen LogP contribution in [0.15, 0.2) is 36.5 Å². The number of esters is 1. The van der Waals surface area contributed by atoms with Crippen molar-refractivity contribution in [2.45, 2.75) is 358 Å². The molecule has 0 aromatic rings. The molecule has 0 spiro atoms. The predicted octanol–water partition coefficient (Wildman–Crippen LogP) is 16.2. The van der Waals surface area contributed by atoms with Crippen LogP contribution >= 0.6 is 0 Å². The van der Waals surface area contributed by atoms with Crippen molar-refractivity contribution in [3.05, 3.63) is 36.5 Å². The quantitative estimate of drug-likeness (QED) is 0.0195. The van der Waals surface area contributed by atoms with E-state index in [2.05, 4.69) is 43.5 Å². The van der Waals surface area contributed by atoms with Gasteiger partial charge in [-0.25, -0.2) is 0 Å². The van der Waals surface area contributed by atoms with Gasteiger partial charge in [-0.2, -0.15) is 0 Å². The van der Waals surface area contributed by atoms with E-state index in [0.29, 0.717) is 19.4 Å². The van der Waals surface area contributed by atoms with Gasteiger partial charge in [-0.05, 0) is 64.2 Å². The SMILES string of the molecule is CCCCCCCCC/C=C/C(O)C(COC1OC(CO)C(O)C(O)C1O)NC(=O)CCCCCCCCCCCCCCC/C=C\C/C=C\CCCCCCCCCCCOC(=O)CCCCCCCCCCCCCC. The average molecular weight is 1100 g/mol. The van der Waals surface area contributed by atoms with E-state index in [0.717, 1.165) is 64.2 Å². The number of aliphatic hydroxyl groups is 5. The number of carbonyl (C=O) groups excluding carboxylic acids is 2. The fraction of sp³-hybridized carbons (Fsp3) is 0.881. The summed E-state index contributed by atoms with van der Waals surface area (Å²) in [5.74, 6) is -0.180. The largest absolute Gasteiger partial charge is 0.466 e. The normalized spacial score (nSPS) is 18.7. The van der Waals surface area contributed by atoms with Crippen LogP contribution in [-0.4, -0.2) is 100 Å². The Morgan fingerprint density at radius 1 is 0.474 bits per heavy atom. The van der Waals surface area contributed by atoms with Crippen molar-refractivity contribution < 1.29 is 49.3 Å². The highest BCUT2D eigenvalue weighted by atomic mass is 16.7. The van der Waals surface area contributed by atoms with Crippen LogP contribution in [0.2, 0.25) is 0 Å². The van der Waals surface area contributed by atoms with Crippen molar-refractivity contribution in [2.75, 3.05) is 19.8 Å². The first kappa shape index (κ1) is 73.9. The highest BCUT2D eigenvalue weighted by Crippen LogP contribution is 2.23. The molecule has 1 rings (SSSR count). The standard InChI is InChI=1S/C67H125NO10/c1-3-5-7-9-11-13-14-35-39-43-47-51-55-63(72)76-56-52-48-44-40-36-33-31-29-27-25-23-21-19-17-15-16-18-20-22-24-26-28-30-32-34-38-42-46-50-54-62(71)68-59(60(70)53-49-45-41-37-12-10-8-6-4-2)58-77-67-66(75)65(74)64(73)61(57-69)78-67/h15,17,21,23,49,53,59-61,64-67,69-70,73-75H,3-14,16,18-20,22,24-48,50-52,54-58H2,1-2H3,(H,68,71)/b17-15-,23-21-,53-49+. The molecule has 458 valence electrons. The minimum atomic E-state index is -1.57. The lowest BCUT2D eigenvalue weighted by Crippen LogP contribution is -2.60. The van der Waals surface area contributed by atoms with Crippen molar-refractivity contribution in [3.8, 4) is 0 Å². The highest BCUT2D eigenvalue weighted by Gasteiger charge is 2.44. The fourth-order valence-corrected chi connectivity index (χ4v) is 10.5. The molecule has 0 bridgehead atoms. The molecule has 11 heteroatoms. The van der Waals surface area contributed by atoms with Gasteiger partial charge in [0.05, 0.1) is 32.0 Å². The summed E-state index contributed by atoms with van der Waals surface area (Å²) < 4.78 is 16.7. The van der Waals surface area contributed by atoms with E-state index in [1.54, 1.807) is 6.08 Å². The van der Waals surface area contributed by atoms with Gasteiger partial charge in [0.2, 0.25) is 5.91 Å². The summed E-state index contributed by atoms with van der Waals surface area (Å²) >= 11 is 0. The van der Waals surface area contributed by atoms with Crippen LogP contribution in [0.4, 0.5) is 0 Å². The lowest BCUT2D eigenvalue weighted by Gasteiger charge is -2.40. The summed E-state index contributed by atoms with van der Waals surface area (Å²) in [6.45, 7) is 4.33. The monoisotopic (exact) mass is 1100 g/mol. The van der Waals surface area contributed by atoms with Crippen molar-refractivity contribution in [2.24, 2.45) is 0 Å². The van der Waals surface area contributed by atoms with Gasteiger partial charge in [0.25, 0.3) is 0 Å². The van der Waals surface area contributed by atoms with Crippen molar-refractivity contribution in [3.63, 3.8) is 0 Å². The van der Waals surface area contributed by atoms with E-state index in [1.807, 2.05) is 6.08 Å². The van der Waals surface area contributed by atoms with Crippen LogP contribution < -0.4 is 5.32 Å². The summed E-state index contributed by atoms with van der Waals surface area (Å²) in [5, 5.41) is 54.2. The smallest absolute Gasteiger partial charge is 0.305 e. The lowest BCUT2D eigenvalue weighted by atomic mass is 9.99. The number of unbranched alkanes of at least 4 members (excludes halogenated alkanes) is 40. The van der Waals surface area contributed by atoms with Gasteiger partial charge >= 0.3 is 5.97 Å². The molecule has 1 aliphatic heterocycles. The van der Waals surface area contributed by atoms with E-state index in [4.69, 9.17) is 14.2 Å². The maximum absolute atomic E-state index is 13.0. The van der Waals surface area contributed by atoms with Crippen LogP contribution in [0.1, 0.15) is 316 Å². The van der Waals surface area contributed by atoms with Gasteiger partial charge in [-0.15, -0.1) is 0 Å². The second-order valence-electron chi connectivity index (χ2n) is 23.2. The minimum absolute atomic E-state index is 0.00399. The van der Waals surface area contributed by atoms with Crippen molar-refractivity contribution >= 4 is 11.9 Å². The Bertz CT molecular complexity index is 1390. The van der Waals surface area contributed by atoms with Crippen molar-refractivity contribution in [1.82, 2.24) is 5.32 Å². The second kappa shape index (κ2) is 56.7. The zero-order valence-corrected chi connectivity index (χ0v) is 50.6. The Morgan fingerprint density at radius 3 is 1.29 bits per heavy atom. The number of ether oxygens (including phenoxy) is 3. The van der Waals surface area contributed by atoms with E-state index in [1.165, 1.54) is 225 Å². The first-order chi connectivity index (χ1) is 38.2. The molecule has 1 amide bonds. The zero-order valence-electron chi connectivity index (χ0n) is 50.6. The molecule has 7 atom stereocenters. The second-order valence-corrected chi connectivity index (χ2v) is 23.2. The molecule has 1 saturated heterocycles. The first-order valence-corrected chi connectivity index (χ1v) is 33.3. The predicted molar refractivity (Wildman–Crippen MR) is 324 cm³/mol. The van der Waals surface area contributed by atoms with E-state index < -0.39 is 49.5 Å². The van der Waals surface area contributed by atoms with E-state index in [9.17, 15) is 35.1 Å². The van der Waals surface area contributed by atoms with Gasteiger partial charge in [0.1, 0.15) is 24.4 Å². The lowest BCUT2D eigenvalue weighted by molar-refractivity contribution is -0.302. The van der Waals surface area contributed by atoms with E-state index in [-0.39, 0.29) is 18.5 Å². The summed E-state index contributed by atoms with van der Waals surface area (Å²) in [6, 6.07) is -0.809. The maximum atomic E-state index is 13.0. The number of rotatable bonds is 58. The molecular formula is C67H125NO10. The molecule has 78 heavy (non-hydrogen) atoms. The average Bonchev–Trinajstić information content (AvgIpc) is 3.45. The molecule has 0 aromatic carbocycles.